The molecule has 0 bridgehead atoms. The van der Waals surface area contributed by atoms with E-state index in [9.17, 15) is 13.2 Å². The summed E-state index contributed by atoms with van der Waals surface area (Å²) < 4.78 is 26.4. The van der Waals surface area contributed by atoms with E-state index in [4.69, 9.17) is 0 Å². The number of nitrogens with zero attached hydrogens (tertiary/aromatic N) is 1. The molecule has 0 aliphatic carbocycles. The molecule has 0 aliphatic heterocycles. The molecule has 6 nitrogen and oxygen atoms in total. The molecule has 2 N–H and O–H groups in total. The Balaban J connectivity index is 2.10. The van der Waals surface area contributed by atoms with Crippen LogP contribution in [0.1, 0.15) is 5.56 Å². The molecule has 0 fully saturated rings. The van der Waals surface area contributed by atoms with Gasteiger partial charge < -0.3 is 10.6 Å². The molecule has 0 saturated heterocycles. The maximum atomic E-state index is 12.2. The predicted octanol–water partition coefficient (Wildman–Crippen LogP) is 3.06. The van der Waals surface area contributed by atoms with Gasteiger partial charge in [-0.3, -0.25) is 4.79 Å². The van der Waals surface area contributed by atoms with Crippen LogP contribution in [0.3, 0.4) is 0 Å². The average Bonchev–Trinajstić information content (AvgIpc) is 2.56. The molecule has 0 saturated carbocycles. The molecular formula is C17H20BrN3O3S. The van der Waals surface area contributed by atoms with Gasteiger partial charge in [0.25, 0.3) is 0 Å². The molecule has 0 aliphatic rings. The standard InChI is InChI=1S/C17H20BrN3O3S/c1-12-8-9-13(25(23,24)21(2)3)10-16(12)19-11-17(22)20-15-7-5-4-6-14(15)18/h4-10,19H,11H2,1-3H3,(H,20,22). The van der Waals surface area contributed by atoms with Crippen LogP contribution in [0.25, 0.3) is 0 Å². The van der Waals surface area contributed by atoms with Crippen molar-refractivity contribution in [2.75, 3.05) is 31.3 Å². The summed E-state index contributed by atoms with van der Waals surface area (Å²) in [6.07, 6.45) is 0. The van der Waals surface area contributed by atoms with Gasteiger partial charge in [0.15, 0.2) is 0 Å². The fourth-order valence-corrected chi connectivity index (χ4v) is 3.41. The molecule has 2 aromatic carbocycles. The van der Waals surface area contributed by atoms with E-state index in [1.165, 1.54) is 20.2 Å². The van der Waals surface area contributed by atoms with Gasteiger partial charge in [-0.1, -0.05) is 18.2 Å². The van der Waals surface area contributed by atoms with Crippen molar-refractivity contribution in [1.29, 1.82) is 0 Å². The van der Waals surface area contributed by atoms with Crippen molar-refractivity contribution in [2.24, 2.45) is 0 Å². The number of rotatable bonds is 6. The number of para-hydroxylation sites is 1. The summed E-state index contributed by atoms with van der Waals surface area (Å²) in [5.74, 6) is -0.229. The van der Waals surface area contributed by atoms with Crippen LogP contribution in [0.2, 0.25) is 0 Å². The zero-order valence-electron chi connectivity index (χ0n) is 14.2. The highest BCUT2D eigenvalue weighted by Crippen LogP contribution is 2.23. The van der Waals surface area contributed by atoms with E-state index in [1.54, 1.807) is 18.2 Å². The number of aryl methyl sites for hydroxylation is 1. The molecule has 8 heteroatoms. The molecule has 0 heterocycles. The lowest BCUT2D eigenvalue weighted by atomic mass is 10.2. The van der Waals surface area contributed by atoms with E-state index in [0.717, 1.165) is 14.3 Å². The van der Waals surface area contributed by atoms with Gasteiger partial charge in [-0.15, -0.1) is 0 Å². The van der Waals surface area contributed by atoms with Gasteiger partial charge in [-0.2, -0.15) is 0 Å². The molecule has 0 unspecified atom stereocenters. The highest BCUT2D eigenvalue weighted by Gasteiger charge is 2.18. The Morgan fingerprint density at radius 1 is 1.12 bits per heavy atom. The monoisotopic (exact) mass is 425 g/mol. The van der Waals surface area contributed by atoms with Crippen LogP contribution < -0.4 is 10.6 Å². The summed E-state index contributed by atoms with van der Waals surface area (Å²) in [6.45, 7) is 1.87. The van der Waals surface area contributed by atoms with Crippen molar-refractivity contribution in [3.63, 3.8) is 0 Å². The maximum Gasteiger partial charge on any atom is 0.243 e. The summed E-state index contributed by atoms with van der Waals surface area (Å²) in [4.78, 5) is 12.3. The Kier molecular flexibility index (Phi) is 6.21. The highest BCUT2D eigenvalue weighted by atomic mass is 79.9. The highest BCUT2D eigenvalue weighted by molar-refractivity contribution is 9.10. The van der Waals surface area contributed by atoms with Crippen LogP contribution in [-0.2, 0) is 14.8 Å². The molecule has 2 aromatic rings. The normalized spacial score (nSPS) is 11.4. The largest absolute Gasteiger partial charge is 0.376 e. The van der Waals surface area contributed by atoms with Gasteiger partial charge in [0.1, 0.15) is 0 Å². The summed E-state index contributed by atoms with van der Waals surface area (Å²) in [5.41, 5.74) is 2.13. The second-order valence-electron chi connectivity index (χ2n) is 5.65. The smallest absolute Gasteiger partial charge is 0.243 e. The Bertz CT molecular complexity index is 882. The lowest BCUT2D eigenvalue weighted by Gasteiger charge is -2.15. The third kappa shape index (κ3) is 4.81. The zero-order chi connectivity index (χ0) is 18.6. The Hall–Kier alpha value is -1.90. The second kappa shape index (κ2) is 7.99. The van der Waals surface area contributed by atoms with Crippen LogP contribution in [0, 0.1) is 6.92 Å². The van der Waals surface area contributed by atoms with Gasteiger partial charge in [-0.25, -0.2) is 12.7 Å². The second-order valence-corrected chi connectivity index (χ2v) is 8.65. The van der Waals surface area contributed by atoms with Crippen LogP contribution in [-0.4, -0.2) is 39.3 Å². The molecule has 25 heavy (non-hydrogen) atoms. The van der Waals surface area contributed by atoms with E-state index in [2.05, 4.69) is 26.6 Å². The van der Waals surface area contributed by atoms with E-state index >= 15 is 0 Å². The molecule has 0 atom stereocenters. The number of halogens is 1. The minimum Gasteiger partial charge on any atom is -0.376 e. The predicted molar refractivity (Wildman–Crippen MR) is 103 cm³/mol. The molecule has 0 radical (unpaired) electrons. The summed E-state index contributed by atoms with van der Waals surface area (Å²) >= 11 is 3.37. The van der Waals surface area contributed by atoms with Crippen molar-refractivity contribution in [1.82, 2.24) is 4.31 Å². The Labute approximate surface area is 156 Å². The van der Waals surface area contributed by atoms with Gasteiger partial charge in [0, 0.05) is 24.3 Å². The van der Waals surface area contributed by atoms with Crippen molar-refractivity contribution in [3.05, 3.63) is 52.5 Å². The van der Waals surface area contributed by atoms with Crippen LogP contribution >= 0.6 is 15.9 Å². The number of carbonyl (C=O) groups is 1. The maximum absolute atomic E-state index is 12.2. The van der Waals surface area contributed by atoms with Crippen molar-refractivity contribution >= 4 is 43.2 Å². The van der Waals surface area contributed by atoms with Gasteiger partial charge in [0.05, 0.1) is 17.1 Å². The van der Waals surface area contributed by atoms with E-state index in [1.807, 2.05) is 25.1 Å². The molecule has 134 valence electrons. The molecule has 2 rings (SSSR count). The van der Waals surface area contributed by atoms with Crippen LogP contribution in [0.5, 0.6) is 0 Å². The Morgan fingerprint density at radius 3 is 2.44 bits per heavy atom. The van der Waals surface area contributed by atoms with Gasteiger partial charge in [-0.05, 0) is 52.7 Å². The summed E-state index contributed by atoms with van der Waals surface area (Å²) in [6, 6.07) is 12.1. The molecular weight excluding hydrogens is 406 g/mol. The van der Waals surface area contributed by atoms with Crippen LogP contribution in [0.4, 0.5) is 11.4 Å². The van der Waals surface area contributed by atoms with Crippen molar-refractivity contribution in [2.45, 2.75) is 11.8 Å². The first kappa shape index (κ1) is 19.4. The number of amides is 1. The van der Waals surface area contributed by atoms with E-state index in [0.29, 0.717) is 11.4 Å². The van der Waals surface area contributed by atoms with Crippen molar-refractivity contribution < 1.29 is 13.2 Å². The first-order valence-electron chi connectivity index (χ1n) is 7.53. The fraction of sp³-hybridized carbons (Fsp3) is 0.235. The summed E-state index contributed by atoms with van der Waals surface area (Å²) in [5, 5.41) is 5.78. The molecule has 1 amide bonds. The van der Waals surface area contributed by atoms with Gasteiger partial charge >= 0.3 is 0 Å². The number of sulfonamides is 1. The first-order chi connectivity index (χ1) is 11.7. The number of benzene rings is 2. The van der Waals surface area contributed by atoms with Crippen LogP contribution in [0.15, 0.2) is 51.8 Å². The topological polar surface area (TPSA) is 78.5 Å². The molecule has 0 spiro atoms. The minimum atomic E-state index is -3.52. The van der Waals surface area contributed by atoms with E-state index < -0.39 is 10.0 Å². The first-order valence-corrected chi connectivity index (χ1v) is 9.76. The quantitative estimate of drug-likeness (QED) is 0.745. The lowest BCUT2D eigenvalue weighted by molar-refractivity contribution is -0.114. The number of nitrogens with one attached hydrogen (secondary N) is 2. The Morgan fingerprint density at radius 2 is 1.80 bits per heavy atom. The number of hydrogen-bond donors (Lipinski definition) is 2. The fourth-order valence-electron chi connectivity index (χ4n) is 2.10. The number of anilines is 2. The van der Waals surface area contributed by atoms with Crippen molar-refractivity contribution in [3.8, 4) is 0 Å². The average molecular weight is 426 g/mol. The number of hydrogen-bond acceptors (Lipinski definition) is 4. The van der Waals surface area contributed by atoms with Gasteiger partial charge in [0.2, 0.25) is 15.9 Å². The number of carbonyl (C=O) groups excluding carboxylic acids is 1. The van der Waals surface area contributed by atoms with E-state index in [-0.39, 0.29) is 17.3 Å². The summed E-state index contributed by atoms with van der Waals surface area (Å²) in [7, 11) is -0.563. The SMILES string of the molecule is Cc1ccc(S(=O)(=O)N(C)C)cc1NCC(=O)Nc1ccccc1Br. The third-order valence-corrected chi connectivity index (χ3v) is 6.08. The minimum absolute atomic E-state index is 0.0215. The zero-order valence-corrected chi connectivity index (χ0v) is 16.6. The third-order valence-electron chi connectivity index (χ3n) is 3.57. The molecule has 0 aromatic heterocycles. The lowest BCUT2D eigenvalue weighted by Crippen LogP contribution is -2.24.